The second-order valence-corrected chi connectivity index (χ2v) is 5.91. The molecule has 1 unspecified atom stereocenters. The van der Waals surface area contributed by atoms with Crippen molar-refractivity contribution >= 4 is 11.6 Å². The molecule has 2 aromatic rings. The Morgan fingerprint density at radius 3 is 3.09 bits per heavy atom. The van der Waals surface area contributed by atoms with Crippen LogP contribution in [0.3, 0.4) is 0 Å². The molecule has 5 nitrogen and oxygen atoms in total. The van der Waals surface area contributed by atoms with E-state index in [-0.39, 0.29) is 11.8 Å². The number of aryl methyl sites for hydroxylation is 2. The van der Waals surface area contributed by atoms with Crippen LogP contribution < -0.4 is 5.32 Å². The minimum absolute atomic E-state index is 0.0683. The zero-order valence-corrected chi connectivity index (χ0v) is 13.2. The van der Waals surface area contributed by atoms with Crippen molar-refractivity contribution in [2.24, 2.45) is 13.0 Å². The quantitative estimate of drug-likeness (QED) is 0.879. The number of fused-ring (bicyclic) bond motifs is 4. The molecule has 1 amide bonds. The van der Waals surface area contributed by atoms with Gasteiger partial charge in [-0.3, -0.25) is 14.5 Å². The van der Waals surface area contributed by atoms with Crippen LogP contribution in [0.1, 0.15) is 38.3 Å². The number of pyridine rings is 1. The van der Waals surface area contributed by atoms with Crippen LogP contribution in [0, 0.1) is 5.92 Å². The van der Waals surface area contributed by atoms with Crippen LogP contribution in [0.2, 0.25) is 0 Å². The molecule has 2 aromatic heterocycles. The molecular formula is C17H22N4O. The van der Waals surface area contributed by atoms with E-state index < -0.39 is 0 Å². The maximum Gasteiger partial charge on any atom is 0.227 e. The summed E-state index contributed by atoms with van der Waals surface area (Å²) < 4.78 is 1.81. The van der Waals surface area contributed by atoms with Crippen LogP contribution in [0.25, 0.3) is 11.3 Å². The zero-order chi connectivity index (χ0) is 15.5. The number of anilines is 1. The molecule has 22 heavy (non-hydrogen) atoms. The number of carbonyl (C=O) groups excluding carboxylic acids is 1. The van der Waals surface area contributed by atoms with Crippen LogP contribution in [-0.2, 0) is 18.3 Å². The van der Waals surface area contributed by atoms with E-state index in [0.717, 1.165) is 54.7 Å². The monoisotopic (exact) mass is 298 g/mol. The summed E-state index contributed by atoms with van der Waals surface area (Å²) in [5, 5.41) is 7.38. The van der Waals surface area contributed by atoms with Gasteiger partial charge in [-0.15, -0.1) is 0 Å². The molecule has 0 spiro atoms. The third-order valence-electron chi connectivity index (χ3n) is 4.39. The third kappa shape index (κ3) is 2.89. The molecule has 1 N–H and O–H groups in total. The van der Waals surface area contributed by atoms with Crippen molar-refractivity contribution in [3.63, 3.8) is 0 Å². The molecule has 1 atom stereocenters. The fourth-order valence-corrected chi connectivity index (χ4v) is 3.09. The summed E-state index contributed by atoms with van der Waals surface area (Å²) in [5.41, 5.74) is 3.87. The van der Waals surface area contributed by atoms with Gasteiger partial charge in [-0.25, -0.2) is 0 Å². The van der Waals surface area contributed by atoms with Gasteiger partial charge < -0.3 is 5.32 Å². The van der Waals surface area contributed by atoms with Gasteiger partial charge >= 0.3 is 0 Å². The van der Waals surface area contributed by atoms with E-state index in [1.54, 1.807) is 10.9 Å². The fraction of sp³-hybridized carbons (Fsp3) is 0.471. The lowest BCUT2D eigenvalue weighted by atomic mass is 9.96. The molecular weight excluding hydrogens is 276 g/mol. The number of rotatable bonds is 1. The standard InChI is InChI=1S/C17H22N4O/c1-3-12-6-4-5-7-14-10-13(8-9-18-14)16-15(20-17(12)22)11-19-21(16)2/h8-12H,3-7H2,1-2H3,(H,20,22). The lowest BCUT2D eigenvalue weighted by Crippen LogP contribution is -2.22. The summed E-state index contributed by atoms with van der Waals surface area (Å²) in [6, 6.07) is 4.07. The van der Waals surface area contributed by atoms with Crippen LogP contribution >= 0.6 is 0 Å². The Morgan fingerprint density at radius 1 is 1.41 bits per heavy atom. The Bertz CT molecular complexity index is 677. The minimum Gasteiger partial charge on any atom is -0.323 e. The van der Waals surface area contributed by atoms with Gasteiger partial charge in [-0.2, -0.15) is 5.10 Å². The van der Waals surface area contributed by atoms with E-state index in [0.29, 0.717) is 0 Å². The number of nitrogens with one attached hydrogen (secondary N) is 1. The maximum atomic E-state index is 12.5. The van der Waals surface area contributed by atoms with Gasteiger partial charge in [0.15, 0.2) is 0 Å². The predicted molar refractivity (Wildman–Crippen MR) is 86.4 cm³/mol. The van der Waals surface area contributed by atoms with E-state index in [1.807, 2.05) is 19.3 Å². The SMILES string of the molecule is CCC1CCCCc2cc(ccn2)-c2c(cnn2C)NC1=O. The molecule has 0 fully saturated rings. The third-order valence-corrected chi connectivity index (χ3v) is 4.39. The Morgan fingerprint density at radius 2 is 2.27 bits per heavy atom. The Labute approximate surface area is 130 Å². The van der Waals surface area contributed by atoms with Crippen molar-refractivity contribution < 1.29 is 4.79 Å². The molecule has 0 saturated carbocycles. The molecule has 5 heteroatoms. The van der Waals surface area contributed by atoms with Crippen LogP contribution in [0.4, 0.5) is 5.69 Å². The maximum absolute atomic E-state index is 12.5. The van der Waals surface area contributed by atoms with E-state index in [4.69, 9.17) is 0 Å². The van der Waals surface area contributed by atoms with Crippen molar-refractivity contribution in [3.8, 4) is 11.3 Å². The van der Waals surface area contributed by atoms with Gasteiger partial charge in [0.05, 0.1) is 17.6 Å². The molecule has 1 aliphatic heterocycles. The highest BCUT2D eigenvalue weighted by Gasteiger charge is 2.20. The van der Waals surface area contributed by atoms with Gasteiger partial charge in [0, 0.05) is 30.4 Å². The van der Waals surface area contributed by atoms with Crippen molar-refractivity contribution in [1.82, 2.24) is 14.8 Å². The summed E-state index contributed by atoms with van der Waals surface area (Å²) in [4.78, 5) is 17.0. The first-order valence-corrected chi connectivity index (χ1v) is 7.97. The van der Waals surface area contributed by atoms with E-state index in [1.165, 1.54) is 0 Å². The van der Waals surface area contributed by atoms with E-state index in [9.17, 15) is 4.79 Å². The lowest BCUT2D eigenvalue weighted by molar-refractivity contribution is -0.120. The number of aromatic nitrogens is 3. The smallest absolute Gasteiger partial charge is 0.227 e. The predicted octanol–water partition coefficient (Wildman–Crippen LogP) is 3.17. The van der Waals surface area contributed by atoms with Crippen LogP contribution in [-0.4, -0.2) is 20.7 Å². The van der Waals surface area contributed by atoms with Gasteiger partial charge in [-0.05, 0) is 37.8 Å². The second-order valence-electron chi connectivity index (χ2n) is 5.91. The number of hydrogen-bond acceptors (Lipinski definition) is 3. The van der Waals surface area contributed by atoms with Crippen molar-refractivity contribution in [3.05, 3.63) is 30.2 Å². The summed E-state index contributed by atoms with van der Waals surface area (Å²) in [6.45, 7) is 2.07. The zero-order valence-electron chi connectivity index (χ0n) is 13.2. The number of hydrogen-bond donors (Lipinski definition) is 1. The molecule has 0 radical (unpaired) electrons. The molecule has 3 heterocycles. The van der Waals surface area contributed by atoms with Crippen LogP contribution in [0.5, 0.6) is 0 Å². The van der Waals surface area contributed by atoms with Gasteiger partial charge in [0.2, 0.25) is 5.91 Å². The van der Waals surface area contributed by atoms with Gasteiger partial charge in [0.25, 0.3) is 0 Å². The number of carbonyl (C=O) groups is 1. The second kappa shape index (κ2) is 6.30. The molecule has 116 valence electrons. The Hall–Kier alpha value is -2.17. The molecule has 0 aliphatic carbocycles. The average Bonchev–Trinajstić information content (AvgIpc) is 2.87. The van der Waals surface area contributed by atoms with Gasteiger partial charge in [-0.1, -0.05) is 13.3 Å². The van der Waals surface area contributed by atoms with E-state index >= 15 is 0 Å². The topological polar surface area (TPSA) is 59.8 Å². The first kappa shape index (κ1) is 14.8. The van der Waals surface area contributed by atoms with E-state index in [2.05, 4.69) is 28.4 Å². The average molecular weight is 298 g/mol. The Balaban J connectivity index is 2.05. The fourth-order valence-electron chi connectivity index (χ4n) is 3.09. The van der Waals surface area contributed by atoms with Gasteiger partial charge in [0.1, 0.15) is 0 Å². The van der Waals surface area contributed by atoms with Crippen LogP contribution in [0.15, 0.2) is 24.5 Å². The van der Waals surface area contributed by atoms with Crippen molar-refractivity contribution in [2.75, 3.05) is 5.32 Å². The Kier molecular flexibility index (Phi) is 4.22. The summed E-state index contributed by atoms with van der Waals surface area (Å²) in [5.74, 6) is 0.172. The highest BCUT2D eigenvalue weighted by molar-refractivity contribution is 5.96. The van der Waals surface area contributed by atoms with Crippen molar-refractivity contribution in [2.45, 2.75) is 39.0 Å². The molecule has 0 saturated heterocycles. The van der Waals surface area contributed by atoms with Crippen molar-refractivity contribution in [1.29, 1.82) is 0 Å². The highest BCUT2D eigenvalue weighted by Crippen LogP contribution is 2.29. The highest BCUT2D eigenvalue weighted by atomic mass is 16.1. The summed E-state index contributed by atoms with van der Waals surface area (Å²) in [6.07, 6.45) is 8.44. The largest absolute Gasteiger partial charge is 0.323 e. The first-order valence-electron chi connectivity index (χ1n) is 7.97. The molecule has 3 rings (SSSR count). The lowest BCUT2D eigenvalue weighted by Gasteiger charge is -2.16. The normalized spacial score (nSPS) is 18.8. The number of amides is 1. The summed E-state index contributed by atoms with van der Waals surface area (Å²) in [7, 11) is 1.90. The minimum atomic E-state index is 0.0683. The molecule has 1 aliphatic rings. The molecule has 2 bridgehead atoms. The summed E-state index contributed by atoms with van der Waals surface area (Å²) >= 11 is 0. The number of nitrogens with zero attached hydrogens (tertiary/aromatic N) is 3. The first-order chi connectivity index (χ1) is 10.7. The molecule has 0 aromatic carbocycles.